The largest absolute Gasteiger partial charge is 0.444 e. The van der Waals surface area contributed by atoms with Gasteiger partial charge in [-0.05, 0) is 50.6 Å². The Labute approximate surface area is 158 Å². The minimum absolute atomic E-state index is 0.130. The second kappa shape index (κ2) is 9.01. The van der Waals surface area contributed by atoms with Gasteiger partial charge in [-0.25, -0.2) is 9.78 Å². The molecule has 7 nitrogen and oxygen atoms in total. The van der Waals surface area contributed by atoms with Crippen molar-refractivity contribution in [2.24, 2.45) is 0 Å². The molecule has 2 aromatic rings. The van der Waals surface area contributed by atoms with E-state index in [1.54, 1.807) is 63.4 Å². The second-order valence-electron chi connectivity index (χ2n) is 6.90. The molecule has 0 aliphatic heterocycles. The fraction of sp³-hybridized carbons (Fsp3) is 0.350. The Morgan fingerprint density at radius 3 is 2.59 bits per heavy atom. The third kappa shape index (κ3) is 6.28. The van der Waals surface area contributed by atoms with Crippen molar-refractivity contribution in [2.75, 3.05) is 13.2 Å². The lowest BCUT2D eigenvalue weighted by molar-refractivity contribution is 0.0521. The lowest BCUT2D eigenvalue weighted by Crippen LogP contribution is -2.35. The molecule has 1 aromatic heterocycles. The summed E-state index contributed by atoms with van der Waals surface area (Å²) in [7, 11) is 0. The van der Waals surface area contributed by atoms with E-state index in [0.29, 0.717) is 11.3 Å². The van der Waals surface area contributed by atoms with Gasteiger partial charge in [-0.15, -0.1) is 0 Å². The Morgan fingerprint density at radius 2 is 2.00 bits per heavy atom. The number of benzene rings is 1. The number of amides is 1. The van der Waals surface area contributed by atoms with Gasteiger partial charge in [0.2, 0.25) is 5.88 Å². The van der Waals surface area contributed by atoms with Crippen molar-refractivity contribution in [1.82, 2.24) is 10.3 Å². The van der Waals surface area contributed by atoms with E-state index in [2.05, 4.69) is 10.3 Å². The number of pyridine rings is 1. The molecule has 2 rings (SSSR count). The number of carbonyl (C=O) groups excluding carboxylic acids is 1. The van der Waals surface area contributed by atoms with Gasteiger partial charge in [-0.1, -0.05) is 12.1 Å². The minimum atomic E-state index is -0.578. The highest BCUT2D eigenvalue weighted by atomic mass is 16.6. The average molecular weight is 369 g/mol. The van der Waals surface area contributed by atoms with Crippen LogP contribution in [0.15, 0.2) is 42.6 Å². The summed E-state index contributed by atoms with van der Waals surface area (Å²) in [5, 5.41) is 21.4. The molecule has 1 aromatic carbocycles. The number of ether oxygens (including phenoxy) is 2. The van der Waals surface area contributed by atoms with Crippen LogP contribution in [0.4, 0.5) is 4.79 Å². The number of carbonyl (C=O) groups is 1. The summed E-state index contributed by atoms with van der Waals surface area (Å²) in [6.07, 6.45) is 1.02. The van der Waals surface area contributed by atoms with Gasteiger partial charge in [0.25, 0.3) is 0 Å². The van der Waals surface area contributed by atoms with Crippen LogP contribution in [0, 0.1) is 11.3 Å². The number of hydrogen-bond donors (Lipinski definition) is 2. The first kappa shape index (κ1) is 20.2. The van der Waals surface area contributed by atoms with Gasteiger partial charge >= 0.3 is 6.09 Å². The first-order chi connectivity index (χ1) is 12.8. The number of nitrogens with zero attached hydrogens (tertiary/aromatic N) is 2. The Morgan fingerprint density at radius 1 is 1.30 bits per heavy atom. The number of nitriles is 1. The zero-order chi connectivity index (χ0) is 19.9. The minimum Gasteiger partial charge on any atom is -0.444 e. The van der Waals surface area contributed by atoms with Crippen molar-refractivity contribution < 1.29 is 19.4 Å². The number of rotatable bonds is 6. The smallest absolute Gasteiger partial charge is 0.407 e. The van der Waals surface area contributed by atoms with Gasteiger partial charge in [0, 0.05) is 18.7 Å². The van der Waals surface area contributed by atoms with Gasteiger partial charge in [0.15, 0.2) is 0 Å². The molecule has 0 aliphatic rings. The molecular weight excluding hydrogens is 346 g/mol. The molecule has 0 saturated heterocycles. The van der Waals surface area contributed by atoms with E-state index < -0.39 is 11.7 Å². The molecule has 0 fully saturated rings. The highest BCUT2D eigenvalue weighted by Gasteiger charge is 2.18. The van der Waals surface area contributed by atoms with Crippen LogP contribution in [0.1, 0.15) is 37.8 Å². The first-order valence-electron chi connectivity index (χ1n) is 8.53. The number of aliphatic hydroxyl groups is 1. The molecule has 1 unspecified atom stereocenters. The zero-order valence-corrected chi connectivity index (χ0v) is 15.6. The van der Waals surface area contributed by atoms with Gasteiger partial charge in [0.05, 0.1) is 6.61 Å². The Hall–Kier alpha value is -3.11. The molecule has 2 N–H and O–H groups in total. The lowest BCUT2D eigenvalue weighted by atomic mass is 10.00. The summed E-state index contributed by atoms with van der Waals surface area (Å²) in [5.41, 5.74) is 0.602. The average Bonchev–Trinajstić information content (AvgIpc) is 2.62. The molecular formula is C20H23N3O4. The van der Waals surface area contributed by atoms with E-state index in [0.717, 1.165) is 5.56 Å². The van der Waals surface area contributed by atoms with Crippen LogP contribution in [-0.2, 0) is 4.74 Å². The zero-order valence-electron chi connectivity index (χ0n) is 15.6. The summed E-state index contributed by atoms with van der Waals surface area (Å²) < 4.78 is 10.8. The van der Waals surface area contributed by atoms with Crippen molar-refractivity contribution in [3.8, 4) is 17.7 Å². The molecule has 1 atom stereocenters. The molecule has 7 heteroatoms. The van der Waals surface area contributed by atoms with Crippen LogP contribution in [0.3, 0.4) is 0 Å². The number of alkyl carbamates (subject to hydrolysis) is 1. The normalized spacial score (nSPS) is 12.0. The number of hydrogen-bond acceptors (Lipinski definition) is 6. The van der Waals surface area contributed by atoms with E-state index in [4.69, 9.17) is 14.7 Å². The Kier molecular flexibility index (Phi) is 6.74. The third-order valence-electron chi connectivity index (χ3n) is 3.57. The molecule has 1 heterocycles. The molecule has 142 valence electrons. The summed E-state index contributed by atoms with van der Waals surface area (Å²) in [6, 6.07) is 12.4. The van der Waals surface area contributed by atoms with Crippen LogP contribution in [0.25, 0.3) is 0 Å². The highest BCUT2D eigenvalue weighted by molar-refractivity contribution is 5.67. The van der Waals surface area contributed by atoms with Gasteiger partial charge < -0.3 is 19.9 Å². The third-order valence-corrected chi connectivity index (χ3v) is 3.57. The predicted octanol–water partition coefficient (Wildman–Crippen LogP) is 3.35. The Bertz CT molecular complexity index is 807. The van der Waals surface area contributed by atoms with E-state index in [1.807, 2.05) is 6.07 Å². The molecule has 0 saturated carbocycles. The van der Waals surface area contributed by atoms with Gasteiger partial charge in [-0.3, -0.25) is 0 Å². The van der Waals surface area contributed by atoms with Crippen LogP contribution in [0.2, 0.25) is 0 Å². The standard InChI is InChI=1S/C20H23N3O4/c1-20(2,3)27-19(25)23-12-16(13-24)14-6-8-17(9-7-14)26-18-15(11-21)5-4-10-22-18/h4-10,16,24H,12-13H2,1-3H3,(H,23,25). The number of aromatic nitrogens is 1. The molecule has 0 radical (unpaired) electrons. The van der Waals surface area contributed by atoms with E-state index >= 15 is 0 Å². The topological polar surface area (TPSA) is 104 Å². The summed E-state index contributed by atoms with van der Waals surface area (Å²) >= 11 is 0. The van der Waals surface area contributed by atoms with Crippen molar-refractivity contribution in [3.05, 3.63) is 53.7 Å². The summed E-state index contributed by atoms with van der Waals surface area (Å²) in [4.78, 5) is 15.8. The predicted molar refractivity (Wildman–Crippen MR) is 99.5 cm³/mol. The first-order valence-corrected chi connectivity index (χ1v) is 8.53. The SMILES string of the molecule is CC(C)(C)OC(=O)NCC(CO)c1ccc(Oc2ncccc2C#N)cc1. The van der Waals surface area contributed by atoms with Gasteiger partial charge in [0.1, 0.15) is 23.0 Å². The van der Waals surface area contributed by atoms with E-state index in [9.17, 15) is 9.90 Å². The molecule has 0 bridgehead atoms. The van der Waals surface area contributed by atoms with Crippen molar-refractivity contribution in [3.63, 3.8) is 0 Å². The van der Waals surface area contributed by atoms with Crippen LogP contribution >= 0.6 is 0 Å². The Balaban J connectivity index is 2.00. The van der Waals surface area contributed by atoms with Crippen LogP contribution in [-0.4, -0.2) is 34.9 Å². The quantitative estimate of drug-likeness (QED) is 0.809. The van der Waals surface area contributed by atoms with Crippen LogP contribution in [0.5, 0.6) is 11.6 Å². The second-order valence-corrected chi connectivity index (χ2v) is 6.90. The van der Waals surface area contributed by atoms with Crippen LogP contribution < -0.4 is 10.1 Å². The van der Waals surface area contributed by atoms with Crippen molar-refractivity contribution in [1.29, 1.82) is 5.26 Å². The molecule has 0 aliphatic carbocycles. The number of nitrogens with one attached hydrogen (secondary N) is 1. The van der Waals surface area contributed by atoms with E-state index in [-0.39, 0.29) is 24.9 Å². The fourth-order valence-corrected chi connectivity index (χ4v) is 2.29. The molecule has 1 amide bonds. The maximum Gasteiger partial charge on any atom is 0.407 e. The maximum absolute atomic E-state index is 11.8. The maximum atomic E-state index is 11.8. The van der Waals surface area contributed by atoms with Gasteiger partial charge in [-0.2, -0.15) is 5.26 Å². The van der Waals surface area contributed by atoms with Crippen molar-refractivity contribution in [2.45, 2.75) is 32.3 Å². The molecule has 27 heavy (non-hydrogen) atoms. The highest BCUT2D eigenvalue weighted by Crippen LogP contribution is 2.24. The summed E-state index contributed by atoms with van der Waals surface area (Å²) in [6.45, 7) is 5.47. The fourth-order valence-electron chi connectivity index (χ4n) is 2.29. The van der Waals surface area contributed by atoms with E-state index in [1.165, 1.54) is 0 Å². The summed E-state index contributed by atoms with van der Waals surface area (Å²) in [5.74, 6) is 0.472. The van der Waals surface area contributed by atoms with Crippen molar-refractivity contribution >= 4 is 6.09 Å². The molecule has 0 spiro atoms. The monoisotopic (exact) mass is 369 g/mol. The lowest BCUT2D eigenvalue weighted by Gasteiger charge is -2.21. The number of aliphatic hydroxyl groups excluding tert-OH is 1.